The van der Waals surface area contributed by atoms with Crippen molar-refractivity contribution in [2.24, 2.45) is 7.05 Å². The maximum atomic E-state index is 6.06. The molecular formula is C21H17ClN4. The summed E-state index contributed by atoms with van der Waals surface area (Å²) in [6.45, 7) is 0. The van der Waals surface area contributed by atoms with Gasteiger partial charge < -0.3 is 10.3 Å². The van der Waals surface area contributed by atoms with E-state index in [1.807, 2.05) is 60.3 Å². The number of hydrogen-bond acceptors (Lipinski definition) is 3. The monoisotopic (exact) mass is 360 g/mol. The molecule has 1 aliphatic carbocycles. The summed E-state index contributed by atoms with van der Waals surface area (Å²) in [6.07, 6.45) is 8.86. The Kier molecular flexibility index (Phi) is 4.24. The topological polar surface area (TPSA) is 56.7 Å². The fourth-order valence-corrected chi connectivity index (χ4v) is 3.04. The maximum absolute atomic E-state index is 6.06. The third-order valence-corrected chi connectivity index (χ3v) is 4.72. The van der Waals surface area contributed by atoms with E-state index >= 15 is 0 Å². The van der Waals surface area contributed by atoms with Crippen molar-refractivity contribution in [3.63, 3.8) is 0 Å². The first-order valence-corrected chi connectivity index (χ1v) is 8.76. The van der Waals surface area contributed by atoms with Crippen molar-refractivity contribution in [1.29, 1.82) is 0 Å². The number of allylic oxidation sites excluding steroid dienone is 4. The van der Waals surface area contributed by atoms with Crippen molar-refractivity contribution in [1.82, 2.24) is 14.5 Å². The SMILES string of the molecule is Cn1c(N)nc2cc(C#Cc3ccc(C4=CCC(Cl)C=C4)cn3)ccc21. The maximum Gasteiger partial charge on any atom is 0.200 e. The first kappa shape index (κ1) is 16.4. The van der Waals surface area contributed by atoms with E-state index in [4.69, 9.17) is 17.3 Å². The number of hydrogen-bond donors (Lipinski definition) is 1. The predicted molar refractivity (Wildman–Crippen MR) is 107 cm³/mol. The van der Waals surface area contributed by atoms with Gasteiger partial charge in [-0.25, -0.2) is 9.97 Å². The van der Waals surface area contributed by atoms with Gasteiger partial charge in [-0.15, -0.1) is 11.6 Å². The molecule has 2 N–H and O–H groups in total. The molecule has 4 nitrogen and oxygen atoms in total. The van der Waals surface area contributed by atoms with Crippen LogP contribution in [0.1, 0.15) is 23.2 Å². The van der Waals surface area contributed by atoms with Crippen LogP contribution in [0, 0.1) is 11.8 Å². The number of alkyl halides is 1. The number of pyridine rings is 1. The first-order chi connectivity index (χ1) is 12.6. The molecule has 0 fully saturated rings. The molecular weight excluding hydrogens is 344 g/mol. The molecule has 5 heteroatoms. The van der Waals surface area contributed by atoms with E-state index in [0.29, 0.717) is 5.95 Å². The van der Waals surface area contributed by atoms with Gasteiger partial charge in [0.05, 0.1) is 16.4 Å². The Bertz CT molecular complexity index is 1090. The van der Waals surface area contributed by atoms with Gasteiger partial charge in [-0.3, -0.25) is 0 Å². The second-order valence-electron chi connectivity index (χ2n) is 6.18. The molecule has 3 aromatic rings. The molecule has 1 unspecified atom stereocenters. The zero-order valence-electron chi connectivity index (χ0n) is 14.3. The van der Waals surface area contributed by atoms with Crippen LogP contribution in [-0.2, 0) is 7.05 Å². The number of aryl methyl sites for hydroxylation is 1. The van der Waals surface area contributed by atoms with E-state index in [-0.39, 0.29) is 5.38 Å². The number of anilines is 1. The highest BCUT2D eigenvalue weighted by atomic mass is 35.5. The molecule has 0 spiro atoms. The Morgan fingerprint density at radius 3 is 2.85 bits per heavy atom. The quantitative estimate of drug-likeness (QED) is 0.529. The third-order valence-electron chi connectivity index (χ3n) is 4.39. The summed E-state index contributed by atoms with van der Waals surface area (Å²) in [4.78, 5) is 8.78. The summed E-state index contributed by atoms with van der Waals surface area (Å²) in [5.74, 6) is 6.73. The van der Waals surface area contributed by atoms with Crippen LogP contribution in [0.4, 0.5) is 5.95 Å². The molecule has 0 saturated heterocycles. The summed E-state index contributed by atoms with van der Waals surface area (Å²) < 4.78 is 1.85. The van der Waals surface area contributed by atoms with Crippen molar-refractivity contribution >= 4 is 34.2 Å². The van der Waals surface area contributed by atoms with Gasteiger partial charge in [0.2, 0.25) is 5.95 Å². The van der Waals surface area contributed by atoms with E-state index in [1.165, 1.54) is 0 Å². The van der Waals surface area contributed by atoms with Crippen LogP contribution in [0.15, 0.2) is 54.8 Å². The lowest BCUT2D eigenvalue weighted by Crippen LogP contribution is -1.97. The molecule has 2 aromatic heterocycles. The number of aromatic nitrogens is 3. The van der Waals surface area contributed by atoms with Crippen LogP contribution in [0.25, 0.3) is 16.6 Å². The van der Waals surface area contributed by atoms with Gasteiger partial charge in [-0.05, 0) is 47.7 Å². The Morgan fingerprint density at radius 1 is 1.23 bits per heavy atom. The van der Waals surface area contributed by atoms with Crippen molar-refractivity contribution < 1.29 is 0 Å². The van der Waals surface area contributed by atoms with E-state index < -0.39 is 0 Å². The average molecular weight is 361 g/mol. The standard InChI is InChI=1S/C21H17ClN4/c1-26-20-11-3-14(12-19(20)25-21(26)23)2-9-18-10-6-16(13-24-18)15-4-7-17(22)8-5-15/h3-7,10-13,17H,8H2,1H3,(H2,23,25). The lowest BCUT2D eigenvalue weighted by Gasteiger charge is -2.10. The predicted octanol–water partition coefficient (Wildman–Crippen LogP) is 3.90. The Hall–Kier alpha value is -3.03. The number of nitrogens with two attached hydrogens (primary N) is 1. The molecule has 0 amide bonds. The summed E-state index contributed by atoms with van der Waals surface area (Å²) >= 11 is 6.06. The largest absolute Gasteiger partial charge is 0.369 e. The summed E-state index contributed by atoms with van der Waals surface area (Å²) in [5, 5.41) is 0.0867. The van der Waals surface area contributed by atoms with Crippen LogP contribution in [0.3, 0.4) is 0 Å². The molecule has 0 radical (unpaired) electrons. The van der Waals surface area contributed by atoms with Gasteiger partial charge in [-0.1, -0.05) is 30.2 Å². The normalized spacial score (nSPS) is 16.2. The van der Waals surface area contributed by atoms with Crippen molar-refractivity contribution in [3.8, 4) is 11.8 Å². The molecule has 0 aliphatic heterocycles. The van der Waals surface area contributed by atoms with Crippen molar-refractivity contribution in [2.75, 3.05) is 5.73 Å². The molecule has 26 heavy (non-hydrogen) atoms. The first-order valence-electron chi connectivity index (χ1n) is 8.33. The van der Waals surface area contributed by atoms with E-state index in [9.17, 15) is 0 Å². The van der Waals surface area contributed by atoms with Crippen LogP contribution >= 0.6 is 11.6 Å². The third kappa shape index (κ3) is 3.22. The van der Waals surface area contributed by atoms with Gasteiger partial charge in [0, 0.05) is 18.8 Å². The highest BCUT2D eigenvalue weighted by Gasteiger charge is 2.07. The molecule has 1 aliphatic rings. The molecule has 2 heterocycles. The van der Waals surface area contributed by atoms with Crippen molar-refractivity contribution in [2.45, 2.75) is 11.8 Å². The van der Waals surface area contributed by atoms with Crippen LogP contribution in [0.5, 0.6) is 0 Å². The number of benzene rings is 1. The number of nitrogen functional groups attached to an aromatic ring is 1. The lowest BCUT2D eigenvalue weighted by molar-refractivity contribution is 0.965. The van der Waals surface area contributed by atoms with Gasteiger partial charge in [0.25, 0.3) is 0 Å². The van der Waals surface area contributed by atoms with Crippen LogP contribution < -0.4 is 5.73 Å². The Morgan fingerprint density at radius 2 is 2.12 bits per heavy atom. The number of rotatable bonds is 1. The molecule has 0 bridgehead atoms. The van der Waals surface area contributed by atoms with Crippen LogP contribution in [-0.4, -0.2) is 19.9 Å². The summed E-state index contributed by atoms with van der Waals surface area (Å²) in [7, 11) is 1.89. The minimum Gasteiger partial charge on any atom is -0.369 e. The molecule has 1 aromatic carbocycles. The van der Waals surface area contributed by atoms with Gasteiger partial charge >= 0.3 is 0 Å². The average Bonchev–Trinajstić information content (AvgIpc) is 2.95. The second-order valence-corrected chi connectivity index (χ2v) is 6.75. The highest BCUT2D eigenvalue weighted by molar-refractivity contribution is 6.22. The molecule has 4 rings (SSSR count). The summed E-state index contributed by atoms with van der Waals surface area (Å²) in [5.41, 5.74) is 11.5. The van der Waals surface area contributed by atoms with E-state index in [0.717, 1.165) is 39.8 Å². The minimum atomic E-state index is 0.0867. The van der Waals surface area contributed by atoms with E-state index in [1.54, 1.807) is 0 Å². The number of nitrogens with zero attached hydrogens (tertiary/aromatic N) is 3. The number of fused-ring (bicyclic) bond motifs is 1. The van der Waals surface area contributed by atoms with Gasteiger partial charge in [-0.2, -0.15) is 0 Å². The number of halogens is 1. The molecule has 128 valence electrons. The Labute approximate surface area is 157 Å². The van der Waals surface area contributed by atoms with Crippen molar-refractivity contribution in [3.05, 3.63) is 71.6 Å². The van der Waals surface area contributed by atoms with Gasteiger partial charge in [0.1, 0.15) is 5.69 Å². The minimum absolute atomic E-state index is 0.0867. The summed E-state index contributed by atoms with van der Waals surface area (Å²) in [6, 6.07) is 9.84. The zero-order valence-corrected chi connectivity index (χ0v) is 15.0. The van der Waals surface area contributed by atoms with E-state index in [2.05, 4.69) is 27.9 Å². The number of imidazole rings is 1. The molecule has 1 atom stereocenters. The smallest absolute Gasteiger partial charge is 0.200 e. The fourth-order valence-electron chi connectivity index (χ4n) is 2.88. The Balaban J connectivity index is 1.56. The second kappa shape index (κ2) is 6.70. The fraction of sp³-hybridized carbons (Fsp3) is 0.143. The lowest BCUT2D eigenvalue weighted by atomic mass is 10.0. The molecule has 0 saturated carbocycles. The van der Waals surface area contributed by atoms with Gasteiger partial charge in [0.15, 0.2) is 0 Å². The zero-order chi connectivity index (χ0) is 18.1. The highest BCUT2D eigenvalue weighted by Crippen LogP contribution is 2.23. The van der Waals surface area contributed by atoms with Crippen LogP contribution in [0.2, 0.25) is 0 Å².